The van der Waals surface area contributed by atoms with E-state index in [0.717, 1.165) is 18.4 Å². The Balaban J connectivity index is 1.48. The maximum atomic E-state index is 12.4. The number of benzene rings is 1. The van der Waals surface area contributed by atoms with Crippen LogP contribution in [0.2, 0.25) is 0 Å². The van der Waals surface area contributed by atoms with Gasteiger partial charge in [-0.25, -0.2) is 0 Å². The Morgan fingerprint density at radius 3 is 2.64 bits per heavy atom. The van der Waals surface area contributed by atoms with E-state index in [1.807, 2.05) is 30.3 Å². The van der Waals surface area contributed by atoms with E-state index in [2.05, 4.69) is 5.32 Å². The highest BCUT2D eigenvalue weighted by Gasteiger charge is 2.45. The first kappa shape index (κ1) is 18.4. The van der Waals surface area contributed by atoms with Crippen molar-refractivity contribution in [3.05, 3.63) is 35.9 Å². The average Bonchev–Trinajstić information content (AvgIpc) is 2.95. The predicted octanol–water partition coefficient (Wildman–Crippen LogP) is 1.48. The number of nitrogens with one attached hydrogen (secondary N) is 1. The number of aliphatic hydroxyl groups is 2. The van der Waals surface area contributed by atoms with Crippen LogP contribution in [0.15, 0.2) is 30.3 Å². The molecule has 1 aliphatic heterocycles. The Morgan fingerprint density at radius 2 is 1.92 bits per heavy atom. The van der Waals surface area contributed by atoms with Gasteiger partial charge in [0.05, 0.1) is 6.54 Å². The van der Waals surface area contributed by atoms with E-state index in [1.54, 1.807) is 4.90 Å². The SMILES string of the molecule is O=C(CCc1ccccc1)N1C[C@@H](O)[C@](O)(CNC2CCCCC2)C1. The number of β-amino-alcohol motifs (C(OH)–C–C–N with tert-alkyl or cyclic N) is 2. The summed E-state index contributed by atoms with van der Waals surface area (Å²) in [5, 5.41) is 24.5. The maximum Gasteiger partial charge on any atom is 0.223 e. The van der Waals surface area contributed by atoms with Gasteiger partial charge in [0.15, 0.2) is 0 Å². The van der Waals surface area contributed by atoms with Crippen LogP contribution < -0.4 is 5.32 Å². The van der Waals surface area contributed by atoms with Crippen molar-refractivity contribution >= 4 is 5.91 Å². The highest BCUT2D eigenvalue weighted by molar-refractivity contribution is 5.77. The first-order valence-electron chi connectivity index (χ1n) is 9.52. The fourth-order valence-electron chi connectivity index (χ4n) is 3.92. The number of amides is 1. The summed E-state index contributed by atoms with van der Waals surface area (Å²) in [4.78, 5) is 14.0. The van der Waals surface area contributed by atoms with Gasteiger partial charge in [-0.15, -0.1) is 0 Å². The molecule has 0 spiro atoms. The summed E-state index contributed by atoms with van der Waals surface area (Å²) < 4.78 is 0. The van der Waals surface area contributed by atoms with E-state index in [-0.39, 0.29) is 19.0 Å². The molecule has 138 valence electrons. The summed E-state index contributed by atoms with van der Waals surface area (Å²) in [5.74, 6) is -0.00325. The summed E-state index contributed by atoms with van der Waals surface area (Å²) in [6.07, 6.45) is 6.20. The molecule has 1 amide bonds. The molecule has 3 N–H and O–H groups in total. The molecule has 0 unspecified atom stereocenters. The zero-order chi connectivity index (χ0) is 17.7. The first-order valence-corrected chi connectivity index (χ1v) is 9.52. The van der Waals surface area contributed by atoms with Gasteiger partial charge in [-0.2, -0.15) is 0 Å². The van der Waals surface area contributed by atoms with Crippen LogP contribution in [0.4, 0.5) is 0 Å². The lowest BCUT2D eigenvalue weighted by Crippen LogP contribution is -2.52. The molecule has 1 saturated heterocycles. The largest absolute Gasteiger partial charge is 0.388 e. The Hall–Kier alpha value is -1.43. The van der Waals surface area contributed by atoms with Gasteiger partial charge in [0.2, 0.25) is 5.91 Å². The molecule has 1 heterocycles. The minimum Gasteiger partial charge on any atom is -0.388 e. The first-order chi connectivity index (χ1) is 12.1. The van der Waals surface area contributed by atoms with Crippen LogP contribution in [-0.2, 0) is 11.2 Å². The predicted molar refractivity (Wildman–Crippen MR) is 97.2 cm³/mol. The summed E-state index contributed by atoms with van der Waals surface area (Å²) >= 11 is 0. The summed E-state index contributed by atoms with van der Waals surface area (Å²) in [5.41, 5.74) is -0.107. The summed E-state index contributed by atoms with van der Waals surface area (Å²) in [6, 6.07) is 10.3. The van der Waals surface area contributed by atoms with E-state index in [4.69, 9.17) is 0 Å². The third-order valence-corrected chi connectivity index (χ3v) is 5.60. The monoisotopic (exact) mass is 346 g/mol. The van der Waals surface area contributed by atoms with Gasteiger partial charge in [-0.3, -0.25) is 4.79 Å². The van der Waals surface area contributed by atoms with Gasteiger partial charge in [-0.05, 0) is 24.8 Å². The number of hydrogen-bond acceptors (Lipinski definition) is 4. The molecule has 5 nitrogen and oxygen atoms in total. The molecule has 3 rings (SSSR count). The van der Waals surface area contributed by atoms with Crippen molar-refractivity contribution in [1.29, 1.82) is 0 Å². The summed E-state index contributed by atoms with van der Waals surface area (Å²) in [7, 11) is 0. The number of likely N-dealkylation sites (tertiary alicyclic amines) is 1. The molecule has 0 aromatic heterocycles. The van der Waals surface area contributed by atoms with Gasteiger partial charge in [-0.1, -0.05) is 49.6 Å². The second-order valence-electron chi connectivity index (χ2n) is 7.60. The van der Waals surface area contributed by atoms with Crippen molar-refractivity contribution in [2.24, 2.45) is 0 Å². The average molecular weight is 346 g/mol. The molecule has 2 atom stereocenters. The van der Waals surface area contributed by atoms with Gasteiger partial charge in [0, 0.05) is 25.6 Å². The van der Waals surface area contributed by atoms with Gasteiger partial charge < -0.3 is 20.4 Å². The van der Waals surface area contributed by atoms with Crippen molar-refractivity contribution in [2.75, 3.05) is 19.6 Å². The molecule has 2 fully saturated rings. The molecular formula is C20H30N2O3. The van der Waals surface area contributed by atoms with Crippen molar-refractivity contribution in [2.45, 2.75) is 62.7 Å². The molecular weight excluding hydrogens is 316 g/mol. The van der Waals surface area contributed by atoms with E-state index < -0.39 is 11.7 Å². The Kier molecular flexibility index (Phi) is 6.10. The second kappa shape index (κ2) is 8.30. The van der Waals surface area contributed by atoms with Crippen molar-refractivity contribution in [1.82, 2.24) is 10.2 Å². The highest BCUT2D eigenvalue weighted by atomic mass is 16.3. The van der Waals surface area contributed by atoms with E-state index in [1.165, 1.54) is 19.3 Å². The van der Waals surface area contributed by atoms with Crippen LogP contribution in [-0.4, -0.2) is 58.4 Å². The van der Waals surface area contributed by atoms with E-state index >= 15 is 0 Å². The lowest BCUT2D eigenvalue weighted by Gasteiger charge is -2.30. The topological polar surface area (TPSA) is 72.8 Å². The third-order valence-electron chi connectivity index (χ3n) is 5.60. The van der Waals surface area contributed by atoms with Crippen LogP contribution >= 0.6 is 0 Å². The van der Waals surface area contributed by atoms with Crippen molar-refractivity contribution < 1.29 is 15.0 Å². The number of carbonyl (C=O) groups is 1. The highest BCUT2D eigenvalue weighted by Crippen LogP contribution is 2.24. The van der Waals surface area contributed by atoms with E-state index in [0.29, 0.717) is 25.4 Å². The number of aliphatic hydroxyl groups excluding tert-OH is 1. The fourth-order valence-corrected chi connectivity index (χ4v) is 3.92. The molecule has 0 radical (unpaired) electrons. The van der Waals surface area contributed by atoms with Gasteiger partial charge in [0.25, 0.3) is 0 Å². The van der Waals surface area contributed by atoms with Crippen LogP contribution in [0.5, 0.6) is 0 Å². The maximum absolute atomic E-state index is 12.4. The lowest BCUT2D eigenvalue weighted by molar-refractivity contribution is -0.131. The van der Waals surface area contributed by atoms with Crippen LogP contribution in [0.3, 0.4) is 0 Å². The number of nitrogens with zero attached hydrogens (tertiary/aromatic N) is 1. The van der Waals surface area contributed by atoms with Crippen molar-refractivity contribution in [3.8, 4) is 0 Å². The Labute approximate surface area is 150 Å². The Bertz CT molecular complexity index is 559. The van der Waals surface area contributed by atoms with Crippen LogP contribution in [0.25, 0.3) is 0 Å². The molecule has 1 aliphatic carbocycles. The zero-order valence-corrected chi connectivity index (χ0v) is 14.9. The molecule has 5 heteroatoms. The molecule has 1 saturated carbocycles. The molecule has 0 bridgehead atoms. The summed E-state index contributed by atoms with van der Waals surface area (Å²) in [6.45, 7) is 0.777. The Morgan fingerprint density at radius 1 is 1.20 bits per heavy atom. The third kappa shape index (κ3) is 4.81. The zero-order valence-electron chi connectivity index (χ0n) is 14.9. The molecule has 1 aromatic rings. The number of aryl methyl sites for hydroxylation is 1. The van der Waals surface area contributed by atoms with Crippen LogP contribution in [0.1, 0.15) is 44.1 Å². The molecule has 1 aromatic carbocycles. The normalized spacial score (nSPS) is 27.6. The van der Waals surface area contributed by atoms with Crippen LogP contribution in [0, 0.1) is 0 Å². The minimum atomic E-state index is -1.24. The molecule has 2 aliphatic rings. The number of rotatable bonds is 6. The smallest absolute Gasteiger partial charge is 0.223 e. The lowest BCUT2D eigenvalue weighted by atomic mass is 9.94. The second-order valence-corrected chi connectivity index (χ2v) is 7.60. The number of carbonyl (C=O) groups excluding carboxylic acids is 1. The standard InChI is InChI=1S/C20H30N2O3/c23-18-13-22(19(24)12-11-16-7-3-1-4-8-16)15-20(18,25)14-21-17-9-5-2-6-10-17/h1,3-4,7-8,17-18,21,23,25H,2,5-6,9-15H2/t18-,20+/m1/s1. The molecule has 25 heavy (non-hydrogen) atoms. The minimum absolute atomic E-state index is 0.00325. The van der Waals surface area contributed by atoms with Gasteiger partial charge >= 0.3 is 0 Å². The van der Waals surface area contributed by atoms with E-state index in [9.17, 15) is 15.0 Å². The van der Waals surface area contributed by atoms with Gasteiger partial charge in [0.1, 0.15) is 11.7 Å². The fraction of sp³-hybridized carbons (Fsp3) is 0.650. The number of hydrogen-bond donors (Lipinski definition) is 3. The quantitative estimate of drug-likeness (QED) is 0.729. The van der Waals surface area contributed by atoms with Crippen molar-refractivity contribution in [3.63, 3.8) is 0 Å².